The molecule has 7 nitrogen and oxygen atoms in total. The molecule has 3 aromatic carbocycles. The maximum atomic E-state index is 13.5. The first kappa shape index (κ1) is 19.9. The summed E-state index contributed by atoms with van der Waals surface area (Å²) in [5, 5.41) is 5.05. The molecule has 1 N–H and O–H groups in total. The van der Waals surface area contributed by atoms with Crippen LogP contribution in [0.1, 0.15) is 25.3 Å². The molecule has 2 amide bonds. The van der Waals surface area contributed by atoms with Gasteiger partial charge in [-0.15, -0.1) is 0 Å². The molecule has 6 rings (SSSR count). The Bertz CT molecular complexity index is 1370. The lowest BCUT2D eigenvalue weighted by Gasteiger charge is -2.19. The van der Waals surface area contributed by atoms with Crippen LogP contribution in [0.3, 0.4) is 0 Å². The molecule has 1 aromatic heterocycles. The van der Waals surface area contributed by atoms with Crippen LogP contribution >= 0.6 is 0 Å². The third-order valence-electron chi connectivity index (χ3n) is 6.53. The predicted molar refractivity (Wildman–Crippen MR) is 127 cm³/mol. The number of imidazole rings is 1. The van der Waals surface area contributed by atoms with Crippen molar-refractivity contribution in [3.05, 3.63) is 66.7 Å². The second-order valence-electron chi connectivity index (χ2n) is 8.65. The first-order valence-corrected chi connectivity index (χ1v) is 11.4. The molecule has 166 valence electrons. The van der Waals surface area contributed by atoms with Crippen molar-refractivity contribution < 1.29 is 14.3 Å². The van der Waals surface area contributed by atoms with Gasteiger partial charge in [-0.05, 0) is 36.4 Å². The van der Waals surface area contributed by atoms with E-state index in [-0.39, 0.29) is 24.3 Å². The molecule has 0 radical (unpaired) electrons. The first-order valence-electron chi connectivity index (χ1n) is 11.4. The topological polar surface area (TPSA) is 76.5 Å². The average molecular weight is 441 g/mol. The molecule has 2 aliphatic heterocycles. The van der Waals surface area contributed by atoms with Gasteiger partial charge in [0.15, 0.2) is 0 Å². The van der Waals surface area contributed by atoms with Crippen LogP contribution in [0.15, 0.2) is 66.7 Å². The van der Waals surface area contributed by atoms with E-state index < -0.39 is 6.04 Å². The van der Waals surface area contributed by atoms with Crippen LogP contribution in [-0.2, 0) is 14.3 Å². The van der Waals surface area contributed by atoms with Gasteiger partial charge in [-0.2, -0.15) is 0 Å². The number of hydrogen-bond donors (Lipinski definition) is 1. The minimum Gasteiger partial charge on any atom is -0.376 e. The van der Waals surface area contributed by atoms with Gasteiger partial charge in [0, 0.05) is 17.7 Å². The van der Waals surface area contributed by atoms with Gasteiger partial charge in [-0.3, -0.25) is 19.1 Å². The molecule has 0 spiro atoms. The number of nitrogens with zero attached hydrogens (tertiary/aromatic N) is 3. The molecular formula is C26H24N4O3. The Morgan fingerprint density at radius 1 is 1.06 bits per heavy atom. The smallest absolute Gasteiger partial charge is 0.253 e. The highest BCUT2D eigenvalue weighted by Crippen LogP contribution is 2.37. The monoisotopic (exact) mass is 440 g/mol. The highest BCUT2D eigenvalue weighted by atomic mass is 16.5. The van der Waals surface area contributed by atoms with Crippen molar-refractivity contribution in [3.8, 4) is 0 Å². The summed E-state index contributed by atoms with van der Waals surface area (Å²) in [6.07, 6.45) is 1.97. The summed E-state index contributed by atoms with van der Waals surface area (Å²) in [5.74, 6) is 0.291. The fourth-order valence-corrected chi connectivity index (χ4v) is 4.97. The van der Waals surface area contributed by atoms with E-state index in [4.69, 9.17) is 9.72 Å². The lowest BCUT2D eigenvalue weighted by molar-refractivity contribution is -0.124. The summed E-state index contributed by atoms with van der Waals surface area (Å²) < 4.78 is 7.69. The fourth-order valence-electron chi connectivity index (χ4n) is 4.97. The molecule has 0 unspecified atom stereocenters. The number of fused-ring (bicyclic) bond motifs is 4. The number of aromatic nitrogens is 2. The summed E-state index contributed by atoms with van der Waals surface area (Å²) in [7, 11) is 0. The Balaban J connectivity index is 1.31. The van der Waals surface area contributed by atoms with Crippen LogP contribution in [0.2, 0.25) is 0 Å². The van der Waals surface area contributed by atoms with E-state index >= 15 is 0 Å². The molecule has 7 heteroatoms. The maximum Gasteiger partial charge on any atom is 0.253 e. The largest absolute Gasteiger partial charge is 0.376 e. The Morgan fingerprint density at radius 3 is 2.76 bits per heavy atom. The molecular weight excluding hydrogens is 416 g/mol. The minimum atomic E-state index is -0.635. The van der Waals surface area contributed by atoms with E-state index in [1.165, 1.54) is 0 Å². The van der Waals surface area contributed by atoms with Crippen LogP contribution in [0, 0.1) is 0 Å². The van der Waals surface area contributed by atoms with E-state index in [0.717, 1.165) is 46.9 Å². The summed E-state index contributed by atoms with van der Waals surface area (Å²) >= 11 is 0. The third kappa shape index (κ3) is 3.45. The number of amides is 2. The van der Waals surface area contributed by atoms with E-state index in [9.17, 15) is 9.59 Å². The van der Waals surface area contributed by atoms with Crippen molar-refractivity contribution in [2.75, 3.05) is 23.4 Å². The van der Waals surface area contributed by atoms with Crippen molar-refractivity contribution in [1.29, 1.82) is 0 Å². The van der Waals surface area contributed by atoms with E-state index in [1.54, 1.807) is 4.90 Å². The van der Waals surface area contributed by atoms with Crippen molar-refractivity contribution in [1.82, 2.24) is 9.55 Å². The molecule has 1 fully saturated rings. The molecule has 0 saturated carbocycles. The molecule has 0 bridgehead atoms. The Hall–Kier alpha value is -3.71. The van der Waals surface area contributed by atoms with Crippen LogP contribution in [0.25, 0.3) is 21.8 Å². The van der Waals surface area contributed by atoms with Crippen molar-refractivity contribution >= 4 is 45.3 Å². The highest BCUT2D eigenvalue weighted by Gasteiger charge is 2.42. The van der Waals surface area contributed by atoms with Gasteiger partial charge < -0.3 is 10.1 Å². The molecule has 2 aliphatic rings. The highest BCUT2D eigenvalue weighted by molar-refractivity contribution is 6.07. The van der Waals surface area contributed by atoms with Crippen LogP contribution in [-0.4, -0.2) is 40.6 Å². The number of ether oxygens (including phenoxy) is 1. The summed E-state index contributed by atoms with van der Waals surface area (Å²) in [6, 6.07) is 20.8. The summed E-state index contributed by atoms with van der Waals surface area (Å²) in [4.78, 5) is 33.1. The zero-order valence-corrected chi connectivity index (χ0v) is 18.1. The second kappa shape index (κ2) is 8.01. The van der Waals surface area contributed by atoms with Gasteiger partial charge in [-0.1, -0.05) is 48.5 Å². The zero-order valence-electron chi connectivity index (χ0n) is 18.1. The molecule has 33 heavy (non-hydrogen) atoms. The van der Waals surface area contributed by atoms with Gasteiger partial charge in [0.1, 0.15) is 6.04 Å². The van der Waals surface area contributed by atoms with Crippen molar-refractivity contribution in [3.63, 3.8) is 0 Å². The molecule has 0 aliphatic carbocycles. The van der Waals surface area contributed by atoms with Gasteiger partial charge in [0.2, 0.25) is 11.9 Å². The standard InChI is InChI=1S/C26H24N4O3/c31-24(27-20-12-5-8-17-7-1-2-10-19(17)20)15-23-25(32)29(16-18-9-6-14-33-18)26-28-21-11-3-4-13-22(21)30(23)26/h1-5,7-8,10-13,18,23H,6,9,14-16H2,(H,27,31)/t18-,23-/m0/s1. The zero-order chi connectivity index (χ0) is 22.4. The Labute approximate surface area is 191 Å². The number of carbonyl (C=O) groups excluding carboxylic acids is 2. The fraction of sp³-hybridized carbons (Fsp3) is 0.269. The number of rotatable bonds is 5. The molecule has 2 atom stereocenters. The lowest BCUT2D eigenvalue weighted by atomic mass is 10.1. The molecule has 1 saturated heterocycles. The molecule has 4 aromatic rings. The Morgan fingerprint density at radius 2 is 1.88 bits per heavy atom. The number of hydrogen-bond acceptors (Lipinski definition) is 4. The van der Waals surface area contributed by atoms with Gasteiger partial charge >= 0.3 is 0 Å². The number of anilines is 2. The number of para-hydroxylation sites is 2. The van der Waals surface area contributed by atoms with Gasteiger partial charge in [0.05, 0.1) is 30.1 Å². The van der Waals surface area contributed by atoms with E-state index in [2.05, 4.69) is 5.32 Å². The number of carbonyl (C=O) groups is 2. The molecule has 3 heterocycles. The van der Waals surface area contributed by atoms with E-state index in [1.807, 2.05) is 71.3 Å². The quantitative estimate of drug-likeness (QED) is 0.502. The van der Waals surface area contributed by atoms with E-state index in [0.29, 0.717) is 12.5 Å². The third-order valence-corrected chi connectivity index (χ3v) is 6.53. The number of nitrogens with one attached hydrogen (secondary N) is 1. The van der Waals surface area contributed by atoms with Gasteiger partial charge in [-0.25, -0.2) is 4.98 Å². The number of benzene rings is 3. The van der Waals surface area contributed by atoms with Crippen molar-refractivity contribution in [2.45, 2.75) is 31.4 Å². The van der Waals surface area contributed by atoms with Crippen LogP contribution in [0.5, 0.6) is 0 Å². The first-order chi connectivity index (χ1) is 16.2. The summed E-state index contributed by atoms with van der Waals surface area (Å²) in [6.45, 7) is 1.18. The Kier molecular flexibility index (Phi) is 4.84. The lowest BCUT2D eigenvalue weighted by Crippen LogP contribution is -2.37. The summed E-state index contributed by atoms with van der Waals surface area (Å²) in [5.41, 5.74) is 2.42. The van der Waals surface area contributed by atoms with Crippen LogP contribution < -0.4 is 10.2 Å². The SMILES string of the molecule is O=C(C[C@H]1C(=O)N(C[C@@H]2CCCO2)c2nc3ccccc3n21)Nc1cccc2ccccc12. The van der Waals surface area contributed by atoms with Crippen LogP contribution in [0.4, 0.5) is 11.6 Å². The second-order valence-corrected chi connectivity index (χ2v) is 8.65. The normalized spacial score (nSPS) is 20.0. The average Bonchev–Trinajstić information content (AvgIpc) is 3.53. The minimum absolute atomic E-state index is 0.00507. The predicted octanol–water partition coefficient (Wildman–Crippen LogP) is 4.29. The van der Waals surface area contributed by atoms with Crippen molar-refractivity contribution in [2.24, 2.45) is 0 Å². The maximum absolute atomic E-state index is 13.5. The van der Waals surface area contributed by atoms with Gasteiger partial charge in [0.25, 0.3) is 5.91 Å².